The highest BCUT2D eigenvalue weighted by Crippen LogP contribution is 2.37. The van der Waals surface area contributed by atoms with E-state index in [1.54, 1.807) is 17.0 Å². The van der Waals surface area contributed by atoms with E-state index in [0.717, 1.165) is 50.2 Å². The number of hydrogen-bond donors (Lipinski definition) is 1. The minimum atomic E-state index is -0.149. The van der Waals surface area contributed by atoms with E-state index in [1.165, 1.54) is 11.8 Å². The van der Waals surface area contributed by atoms with Crippen molar-refractivity contribution in [2.45, 2.75) is 25.4 Å². The molecule has 0 spiro atoms. The van der Waals surface area contributed by atoms with Crippen molar-refractivity contribution in [1.82, 2.24) is 4.90 Å². The number of carbonyl (C=O) groups excluding carboxylic acids is 1. The molecule has 3 aromatic rings. The van der Waals surface area contributed by atoms with Crippen LogP contribution in [0.15, 0.2) is 77.7 Å². The van der Waals surface area contributed by atoms with Gasteiger partial charge in [0, 0.05) is 24.7 Å². The molecule has 0 radical (unpaired) electrons. The number of anilines is 1. The van der Waals surface area contributed by atoms with Crippen molar-refractivity contribution < 1.29 is 19.4 Å². The van der Waals surface area contributed by atoms with Gasteiger partial charge in [-0.15, -0.1) is 0 Å². The molecule has 9 heteroatoms. The number of aliphatic hydroxyl groups excluding tert-OH is 1. The van der Waals surface area contributed by atoms with Gasteiger partial charge in [0.25, 0.3) is 5.91 Å². The molecule has 5 rings (SSSR count). The first kappa shape index (κ1) is 27.7. The van der Waals surface area contributed by atoms with Gasteiger partial charge in [0.2, 0.25) is 0 Å². The fourth-order valence-corrected chi connectivity index (χ4v) is 5.85. The number of halogens is 1. The Morgan fingerprint density at radius 1 is 0.949 bits per heavy atom. The normalized spacial score (nSPS) is 17.7. The molecule has 2 saturated heterocycles. The molecular formula is C30H29ClN2O4S2. The quantitative estimate of drug-likeness (QED) is 0.170. The lowest BCUT2D eigenvalue weighted by Crippen LogP contribution is -2.36. The summed E-state index contributed by atoms with van der Waals surface area (Å²) in [4.78, 5) is 17.7. The summed E-state index contributed by atoms with van der Waals surface area (Å²) in [5.74, 6) is 2.00. The van der Waals surface area contributed by atoms with Crippen LogP contribution in [0, 0.1) is 0 Å². The van der Waals surface area contributed by atoms with E-state index in [9.17, 15) is 9.90 Å². The highest BCUT2D eigenvalue weighted by Gasteiger charge is 2.33. The fraction of sp³-hybridized carbons (Fsp3) is 0.267. The Bertz CT molecular complexity index is 1320. The monoisotopic (exact) mass is 580 g/mol. The number of benzene rings is 3. The van der Waals surface area contributed by atoms with Crippen LogP contribution in [0.25, 0.3) is 6.08 Å². The molecule has 2 fully saturated rings. The van der Waals surface area contributed by atoms with Gasteiger partial charge in [-0.2, -0.15) is 0 Å². The third kappa shape index (κ3) is 7.41. The van der Waals surface area contributed by atoms with Gasteiger partial charge in [0.1, 0.15) is 17.2 Å². The number of aliphatic hydroxyl groups is 1. The van der Waals surface area contributed by atoms with E-state index >= 15 is 0 Å². The molecule has 0 saturated carbocycles. The van der Waals surface area contributed by atoms with Gasteiger partial charge < -0.3 is 19.5 Å². The second-order valence-corrected chi connectivity index (χ2v) is 11.5. The van der Waals surface area contributed by atoms with Crippen LogP contribution in [-0.2, 0) is 4.79 Å². The Morgan fingerprint density at radius 3 is 2.23 bits per heavy atom. The maximum Gasteiger partial charge on any atom is 0.270 e. The zero-order chi connectivity index (χ0) is 27.2. The van der Waals surface area contributed by atoms with E-state index in [1.807, 2.05) is 66.7 Å². The third-order valence-electron chi connectivity index (χ3n) is 6.56. The molecule has 0 aromatic heterocycles. The fourth-order valence-electron chi connectivity index (χ4n) is 4.43. The number of piperidine rings is 1. The predicted molar refractivity (Wildman–Crippen MR) is 162 cm³/mol. The number of rotatable bonds is 9. The van der Waals surface area contributed by atoms with Crippen LogP contribution in [-0.4, -0.2) is 52.6 Å². The van der Waals surface area contributed by atoms with Crippen molar-refractivity contribution in [1.29, 1.82) is 0 Å². The molecule has 1 N–H and O–H groups in total. The highest BCUT2D eigenvalue weighted by molar-refractivity contribution is 8.27. The summed E-state index contributed by atoms with van der Waals surface area (Å²) >= 11 is 12.7. The van der Waals surface area contributed by atoms with Gasteiger partial charge in [-0.1, -0.05) is 47.7 Å². The van der Waals surface area contributed by atoms with Gasteiger partial charge in [-0.25, -0.2) is 0 Å². The molecular weight excluding hydrogens is 552 g/mol. The number of hydrogen-bond acceptors (Lipinski definition) is 7. The summed E-state index contributed by atoms with van der Waals surface area (Å²) in [6, 6.07) is 22.1. The summed E-state index contributed by atoms with van der Waals surface area (Å²) in [5.41, 5.74) is 1.59. The SMILES string of the molecule is O=C1C(=Cc2ccc(Oc3ccc(Cl)cc3)cc2)SC(=S)N1c1ccc(OCCCN2CCC(O)CC2)cc1. The van der Waals surface area contributed by atoms with Crippen molar-refractivity contribution in [2.24, 2.45) is 0 Å². The summed E-state index contributed by atoms with van der Waals surface area (Å²) in [6.45, 7) is 3.47. The van der Waals surface area contributed by atoms with Gasteiger partial charge >= 0.3 is 0 Å². The predicted octanol–water partition coefficient (Wildman–Crippen LogP) is 6.76. The molecule has 39 heavy (non-hydrogen) atoms. The topological polar surface area (TPSA) is 62.2 Å². The lowest BCUT2D eigenvalue weighted by molar-refractivity contribution is -0.113. The van der Waals surface area contributed by atoms with Crippen LogP contribution < -0.4 is 14.4 Å². The average molecular weight is 581 g/mol. The van der Waals surface area contributed by atoms with E-state index in [0.29, 0.717) is 38.0 Å². The summed E-state index contributed by atoms with van der Waals surface area (Å²) in [5, 5.41) is 10.3. The minimum Gasteiger partial charge on any atom is -0.494 e. The Hall–Kier alpha value is -2.88. The van der Waals surface area contributed by atoms with E-state index in [-0.39, 0.29) is 12.0 Å². The second kappa shape index (κ2) is 13.0. The van der Waals surface area contributed by atoms with Crippen LogP contribution in [0.4, 0.5) is 5.69 Å². The van der Waals surface area contributed by atoms with E-state index in [4.69, 9.17) is 33.3 Å². The summed E-state index contributed by atoms with van der Waals surface area (Å²) in [7, 11) is 0. The summed E-state index contributed by atoms with van der Waals surface area (Å²) in [6.07, 6.45) is 4.31. The Morgan fingerprint density at radius 2 is 1.56 bits per heavy atom. The van der Waals surface area contributed by atoms with Crippen LogP contribution >= 0.6 is 35.6 Å². The molecule has 0 bridgehead atoms. The molecule has 202 valence electrons. The molecule has 2 aliphatic heterocycles. The zero-order valence-corrected chi connectivity index (χ0v) is 23.7. The molecule has 0 atom stereocenters. The number of likely N-dealkylation sites (tertiary alicyclic amines) is 1. The molecule has 2 heterocycles. The van der Waals surface area contributed by atoms with Gasteiger partial charge in [0.05, 0.1) is 23.3 Å². The first-order chi connectivity index (χ1) is 18.9. The molecule has 0 aliphatic carbocycles. The highest BCUT2D eigenvalue weighted by atomic mass is 35.5. The van der Waals surface area contributed by atoms with Gasteiger partial charge in [-0.05, 0) is 91.6 Å². The first-order valence-electron chi connectivity index (χ1n) is 12.9. The average Bonchev–Trinajstić information content (AvgIpc) is 3.22. The van der Waals surface area contributed by atoms with Crippen LogP contribution in [0.3, 0.4) is 0 Å². The Balaban J connectivity index is 1.14. The third-order valence-corrected chi connectivity index (χ3v) is 8.11. The Labute approximate surface area is 243 Å². The van der Waals surface area contributed by atoms with E-state index in [2.05, 4.69) is 4.90 Å². The number of amides is 1. The maximum atomic E-state index is 13.2. The lowest BCUT2D eigenvalue weighted by atomic mass is 10.1. The summed E-state index contributed by atoms with van der Waals surface area (Å²) < 4.78 is 12.2. The number of thiocarbonyl (C=S) groups is 1. The van der Waals surface area contributed by atoms with Crippen LogP contribution in [0.2, 0.25) is 5.02 Å². The molecule has 3 aromatic carbocycles. The molecule has 2 aliphatic rings. The number of nitrogens with zero attached hydrogens (tertiary/aromatic N) is 2. The van der Waals surface area contributed by atoms with E-state index < -0.39 is 0 Å². The van der Waals surface area contributed by atoms with Crippen molar-refractivity contribution in [3.05, 3.63) is 88.3 Å². The maximum absolute atomic E-state index is 13.2. The zero-order valence-electron chi connectivity index (χ0n) is 21.3. The Kier molecular flexibility index (Phi) is 9.21. The molecule has 1 amide bonds. The number of thioether (sulfide) groups is 1. The number of ether oxygens (including phenoxy) is 2. The van der Waals surface area contributed by atoms with Crippen molar-refractivity contribution in [3.8, 4) is 17.2 Å². The van der Waals surface area contributed by atoms with Crippen molar-refractivity contribution in [2.75, 3.05) is 31.1 Å². The van der Waals surface area contributed by atoms with Gasteiger partial charge in [0.15, 0.2) is 4.32 Å². The van der Waals surface area contributed by atoms with Crippen LogP contribution in [0.1, 0.15) is 24.8 Å². The minimum absolute atomic E-state index is 0.146. The van der Waals surface area contributed by atoms with Crippen molar-refractivity contribution >= 4 is 57.6 Å². The lowest BCUT2D eigenvalue weighted by Gasteiger charge is -2.29. The van der Waals surface area contributed by atoms with Crippen LogP contribution in [0.5, 0.6) is 17.2 Å². The smallest absolute Gasteiger partial charge is 0.270 e. The standard InChI is InChI=1S/C30H29ClN2O4S2/c31-22-4-10-27(11-5-22)37-26-8-2-21(3-9-26)20-28-29(35)33(30(38)39-28)23-6-12-25(13-7-23)36-19-1-16-32-17-14-24(34)15-18-32/h2-13,20,24,34H,1,14-19H2. The van der Waals surface area contributed by atoms with Crippen molar-refractivity contribution in [3.63, 3.8) is 0 Å². The first-order valence-corrected chi connectivity index (χ1v) is 14.5. The number of carbonyl (C=O) groups is 1. The molecule has 0 unspecified atom stereocenters. The van der Waals surface area contributed by atoms with Gasteiger partial charge in [-0.3, -0.25) is 9.69 Å². The second-order valence-electron chi connectivity index (χ2n) is 9.41. The molecule has 6 nitrogen and oxygen atoms in total. The largest absolute Gasteiger partial charge is 0.494 e.